The predicted molar refractivity (Wildman–Crippen MR) is 203 cm³/mol. The predicted octanol–water partition coefficient (Wildman–Crippen LogP) is 3.53. The molecule has 3 aliphatic rings. The highest BCUT2D eigenvalue weighted by atomic mass is 32.1. The Hall–Kier alpha value is -6.46. The van der Waals surface area contributed by atoms with Crippen molar-refractivity contribution in [3.63, 3.8) is 0 Å². The number of hydrogen-bond donors (Lipinski definition) is 4. The molecule has 0 radical (unpaired) electrons. The number of fused-ring (bicyclic) bond motifs is 1. The van der Waals surface area contributed by atoms with Gasteiger partial charge in [0.15, 0.2) is 17.5 Å². The average Bonchev–Trinajstić information content (AvgIpc) is 3.54. The van der Waals surface area contributed by atoms with Crippen molar-refractivity contribution < 1.29 is 56.2 Å². The molecular weight excluding hydrogens is 803 g/mol. The number of anilines is 2. The first kappa shape index (κ1) is 42.2. The molecule has 3 aliphatic heterocycles. The van der Waals surface area contributed by atoms with Gasteiger partial charge in [0.1, 0.15) is 29.1 Å². The van der Waals surface area contributed by atoms with Gasteiger partial charge in [0.25, 0.3) is 29.5 Å². The van der Waals surface area contributed by atoms with E-state index in [4.69, 9.17) is 22.2 Å². The van der Waals surface area contributed by atoms with Crippen LogP contribution in [-0.4, -0.2) is 88.1 Å². The summed E-state index contributed by atoms with van der Waals surface area (Å²) >= 11 is 5.46. The van der Waals surface area contributed by atoms with Crippen LogP contribution in [0.4, 0.5) is 28.9 Å². The maximum Gasteiger partial charge on any atom is 0.420 e. The fraction of sp³-hybridized carbons (Fsp3) is 0.333. The molecular formula is C39H35F4N7O8S. The SMILES string of the molecule is CC1(C)C(=O)N(c2ccc(C#N)c(C(F)(F)F)c2F)C(=S)N1c1ccc(C(=O)NCCCCNC(=O)COc2cccc3c2C(=O)N(C2CCC(O)NC2=O)C3=O)cc1. The lowest BCUT2D eigenvalue weighted by molar-refractivity contribution is -0.140. The van der Waals surface area contributed by atoms with Gasteiger partial charge in [-0.15, -0.1) is 0 Å². The van der Waals surface area contributed by atoms with Gasteiger partial charge >= 0.3 is 6.18 Å². The van der Waals surface area contributed by atoms with Crippen molar-refractivity contribution in [1.82, 2.24) is 20.9 Å². The Morgan fingerprint density at radius 3 is 2.32 bits per heavy atom. The number of rotatable bonds is 12. The Bertz CT molecular complexity index is 2310. The van der Waals surface area contributed by atoms with Crippen molar-refractivity contribution in [3.05, 3.63) is 88.2 Å². The van der Waals surface area contributed by atoms with Crippen LogP contribution < -0.4 is 30.5 Å². The van der Waals surface area contributed by atoms with E-state index in [1.807, 2.05) is 0 Å². The number of nitrogens with one attached hydrogen (secondary N) is 3. The zero-order valence-electron chi connectivity index (χ0n) is 31.3. The number of nitriles is 1. The van der Waals surface area contributed by atoms with Crippen molar-refractivity contribution >= 4 is 64.1 Å². The molecule has 15 nitrogen and oxygen atoms in total. The summed E-state index contributed by atoms with van der Waals surface area (Å²) in [4.78, 5) is 80.3. The Labute approximate surface area is 338 Å². The molecule has 2 fully saturated rings. The first-order chi connectivity index (χ1) is 27.9. The summed E-state index contributed by atoms with van der Waals surface area (Å²) in [5.74, 6) is -5.69. The molecule has 2 saturated heterocycles. The standard InChI is InChI=1S/C39H35F4N7O8S/c1-38(2)36(57)49(24-13-10-21(18-44)30(31(24)40)39(41,42)43)37(59)50(38)22-11-8-20(9-12-22)32(53)46-17-4-3-16-45-28(52)19-58-26-7-5-6-23-29(26)35(56)48(34(23)55)25-14-15-27(51)47-33(25)54/h5-13,25,27,51H,3-4,14-17,19H2,1-2H3,(H,45,52)(H,46,53)(H,47,54). The van der Waals surface area contributed by atoms with E-state index in [0.717, 1.165) is 17.0 Å². The molecule has 3 heterocycles. The third-order valence-corrected chi connectivity index (χ3v) is 10.3. The van der Waals surface area contributed by atoms with Gasteiger partial charge in [0.2, 0.25) is 5.91 Å². The molecule has 0 saturated carbocycles. The van der Waals surface area contributed by atoms with Gasteiger partial charge in [0, 0.05) is 24.3 Å². The zero-order chi connectivity index (χ0) is 43.0. The Morgan fingerprint density at radius 1 is 1.00 bits per heavy atom. The van der Waals surface area contributed by atoms with Crippen LogP contribution in [0.2, 0.25) is 0 Å². The second-order valence-corrected chi connectivity index (χ2v) is 14.5. The minimum Gasteiger partial charge on any atom is -0.483 e. The summed E-state index contributed by atoms with van der Waals surface area (Å²) < 4.78 is 62.0. The molecule has 0 aromatic heterocycles. The van der Waals surface area contributed by atoms with Crippen LogP contribution in [0.1, 0.15) is 81.7 Å². The molecule has 0 bridgehead atoms. The number of carbonyl (C=O) groups is 6. The topological polar surface area (TPSA) is 201 Å². The molecule has 2 unspecified atom stereocenters. The summed E-state index contributed by atoms with van der Waals surface area (Å²) in [6, 6.07) is 12.0. The number of benzene rings is 3. The highest BCUT2D eigenvalue weighted by molar-refractivity contribution is 7.81. The van der Waals surface area contributed by atoms with Crippen molar-refractivity contribution in [3.8, 4) is 11.8 Å². The van der Waals surface area contributed by atoms with Crippen molar-refractivity contribution in [2.45, 2.75) is 63.5 Å². The molecule has 6 amide bonds. The molecule has 6 rings (SSSR count). The van der Waals surface area contributed by atoms with E-state index >= 15 is 4.39 Å². The average molecular weight is 838 g/mol. The van der Waals surface area contributed by atoms with Crippen molar-refractivity contribution in [2.75, 3.05) is 29.5 Å². The van der Waals surface area contributed by atoms with Crippen LogP contribution in [0.25, 0.3) is 0 Å². The molecule has 0 aliphatic carbocycles. The highest BCUT2D eigenvalue weighted by Gasteiger charge is 2.52. The fourth-order valence-electron chi connectivity index (χ4n) is 6.99. The summed E-state index contributed by atoms with van der Waals surface area (Å²) in [5, 5.41) is 26.2. The zero-order valence-corrected chi connectivity index (χ0v) is 32.1. The van der Waals surface area contributed by atoms with E-state index in [2.05, 4.69) is 16.0 Å². The largest absolute Gasteiger partial charge is 0.483 e. The maximum atomic E-state index is 15.3. The summed E-state index contributed by atoms with van der Waals surface area (Å²) in [6.07, 6.45) is -5.12. The monoisotopic (exact) mass is 837 g/mol. The molecule has 0 spiro atoms. The first-order valence-electron chi connectivity index (χ1n) is 18.1. The smallest absolute Gasteiger partial charge is 0.420 e. The molecule has 3 aromatic rings. The number of piperidine rings is 1. The molecule has 4 N–H and O–H groups in total. The lowest BCUT2D eigenvalue weighted by Gasteiger charge is -2.31. The van der Waals surface area contributed by atoms with E-state index in [1.165, 1.54) is 67.3 Å². The van der Waals surface area contributed by atoms with Gasteiger partial charge in [-0.2, -0.15) is 18.4 Å². The highest BCUT2D eigenvalue weighted by Crippen LogP contribution is 2.42. The molecule has 20 heteroatoms. The van der Waals surface area contributed by atoms with Crippen LogP contribution in [0, 0.1) is 17.1 Å². The Morgan fingerprint density at radius 2 is 1.68 bits per heavy atom. The number of ether oxygens (including phenoxy) is 1. The van der Waals surface area contributed by atoms with Crippen LogP contribution in [0.3, 0.4) is 0 Å². The normalized spacial score (nSPS) is 18.7. The second-order valence-electron chi connectivity index (χ2n) is 14.2. The van der Waals surface area contributed by atoms with Gasteiger partial charge in [-0.25, -0.2) is 4.39 Å². The Kier molecular flexibility index (Phi) is 11.7. The number of aliphatic hydroxyl groups excluding tert-OH is 1. The number of unbranched alkanes of at least 4 members (excludes halogenated alkanes) is 1. The van der Waals surface area contributed by atoms with Gasteiger partial charge in [-0.3, -0.25) is 38.6 Å². The van der Waals surface area contributed by atoms with E-state index in [0.29, 0.717) is 23.4 Å². The third-order valence-electron chi connectivity index (χ3n) is 9.94. The van der Waals surface area contributed by atoms with E-state index < -0.39 is 88.7 Å². The maximum absolute atomic E-state index is 15.3. The number of carbonyl (C=O) groups excluding carboxylic acids is 6. The molecule has 59 heavy (non-hydrogen) atoms. The van der Waals surface area contributed by atoms with E-state index in [9.17, 15) is 47.0 Å². The lowest BCUT2D eigenvalue weighted by atomic mass is 10.0. The number of thiocarbonyl (C=S) groups is 1. The lowest BCUT2D eigenvalue weighted by Crippen LogP contribution is -2.55. The number of imide groups is 1. The molecule has 3 aromatic carbocycles. The molecule has 308 valence electrons. The van der Waals surface area contributed by atoms with Gasteiger partial charge in [-0.05, 0) is 100 Å². The summed E-state index contributed by atoms with van der Waals surface area (Å²) in [5.41, 5.74) is -4.52. The van der Waals surface area contributed by atoms with Gasteiger partial charge < -0.3 is 30.7 Å². The van der Waals surface area contributed by atoms with Gasteiger partial charge in [0.05, 0.1) is 28.4 Å². The second kappa shape index (κ2) is 16.4. The van der Waals surface area contributed by atoms with Gasteiger partial charge in [-0.1, -0.05) is 6.07 Å². The first-order valence-corrected chi connectivity index (χ1v) is 18.5. The number of amides is 6. The third kappa shape index (κ3) is 8.03. The fourth-order valence-corrected chi connectivity index (χ4v) is 7.50. The quantitative estimate of drug-likeness (QED) is 0.0901. The van der Waals surface area contributed by atoms with Crippen LogP contribution in [0.15, 0.2) is 54.6 Å². The number of aliphatic hydroxyl groups is 1. The number of hydrogen-bond acceptors (Lipinski definition) is 10. The Balaban J connectivity index is 0.970. The molecule has 2 atom stereocenters. The van der Waals surface area contributed by atoms with E-state index in [1.54, 1.807) is 0 Å². The van der Waals surface area contributed by atoms with Crippen LogP contribution in [-0.2, 0) is 20.6 Å². The minimum absolute atomic E-state index is 0.00532. The number of nitrogens with zero attached hydrogens (tertiary/aromatic N) is 4. The van der Waals surface area contributed by atoms with Crippen LogP contribution >= 0.6 is 12.2 Å². The summed E-state index contributed by atoms with van der Waals surface area (Å²) in [6.45, 7) is 2.88. The van der Waals surface area contributed by atoms with Crippen molar-refractivity contribution in [1.29, 1.82) is 5.26 Å². The minimum atomic E-state index is -5.22. The van der Waals surface area contributed by atoms with Crippen molar-refractivity contribution in [2.24, 2.45) is 0 Å². The summed E-state index contributed by atoms with van der Waals surface area (Å²) in [7, 11) is 0. The number of halogens is 4. The van der Waals surface area contributed by atoms with Crippen LogP contribution in [0.5, 0.6) is 5.75 Å². The number of alkyl halides is 3. The van der Waals surface area contributed by atoms with E-state index in [-0.39, 0.29) is 53.5 Å².